The van der Waals surface area contributed by atoms with Crippen LogP contribution in [0.1, 0.15) is 36.8 Å². The van der Waals surface area contributed by atoms with E-state index in [1.54, 1.807) is 7.05 Å². The van der Waals surface area contributed by atoms with E-state index in [-0.39, 0.29) is 29.4 Å². The molecule has 3 rings (SSSR count). The van der Waals surface area contributed by atoms with Crippen molar-refractivity contribution in [1.82, 2.24) is 15.6 Å². The third kappa shape index (κ3) is 5.30. The molecule has 1 aliphatic heterocycles. The average Bonchev–Trinajstić information content (AvgIpc) is 2.99. The maximum absolute atomic E-state index is 5.71. The molecule has 2 heterocycles. The van der Waals surface area contributed by atoms with Crippen molar-refractivity contribution in [2.45, 2.75) is 39.7 Å². The van der Waals surface area contributed by atoms with Crippen LogP contribution in [0.5, 0.6) is 11.5 Å². The first-order valence-corrected chi connectivity index (χ1v) is 9.16. The van der Waals surface area contributed by atoms with Crippen LogP contribution < -0.4 is 20.1 Å². The predicted molar refractivity (Wildman–Crippen MR) is 120 cm³/mol. The van der Waals surface area contributed by atoms with E-state index in [1.807, 2.05) is 19.9 Å². The van der Waals surface area contributed by atoms with Gasteiger partial charge >= 0.3 is 0 Å². The van der Waals surface area contributed by atoms with E-state index in [0.717, 1.165) is 23.0 Å². The first-order chi connectivity index (χ1) is 12.9. The zero-order chi connectivity index (χ0) is 19.4. The van der Waals surface area contributed by atoms with Gasteiger partial charge < -0.3 is 24.5 Å². The molecular formula is C20H29IN4O3. The number of hydrogen-bond acceptors (Lipinski definition) is 5. The van der Waals surface area contributed by atoms with E-state index >= 15 is 0 Å². The largest absolute Gasteiger partial charge is 0.486 e. The molecule has 0 aliphatic carbocycles. The van der Waals surface area contributed by atoms with Crippen LogP contribution in [0.3, 0.4) is 0 Å². The zero-order valence-corrected chi connectivity index (χ0v) is 19.4. The van der Waals surface area contributed by atoms with Crippen LogP contribution in [0.15, 0.2) is 27.6 Å². The van der Waals surface area contributed by atoms with Gasteiger partial charge in [-0.15, -0.1) is 24.0 Å². The van der Waals surface area contributed by atoms with Crippen molar-refractivity contribution < 1.29 is 13.9 Å². The maximum Gasteiger partial charge on any atom is 0.214 e. The summed E-state index contributed by atoms with van der Waals surface area (Å²) in [4.78, 5) is 8.66. The fourth-order valence-electron chi connectivity index (χ4n) is 2.87. The zero-order valence-electron chi connectivity index (χ0n) is 17.1. The molecule has 7 nitrogen and oxygen atoms in total. The smallest absolute Gasteiger partial charge is 0.214 e. The lowest BCUT2D eigenvalue weighted by Gasteiger charge is -2.28. The van der Waals surface area contributed by atoms with Gasteiger partial charge in [-0.05, 0) is 31.5 Å². The molecule has 0 unspecified atom stereocenters. The Morgan fingerprint density at radius 2 is 1.86 bits per heavy atom. The van der Waals surface area contributed by atoms with Crippen LogP contribution in [0, 0.1) is 13.8 Å². The number of aromatic nitrogens is 1. The van der Waals surface area contributed by atoms with Crippen molar-refractivity contribution in [2.24, 2.45) is 4.99 Å². The van der Waals surface area contributed by atoms with Crippen molar-refractivity contribution in [2.75, 3.05) is 26.8 Å². The average molecular weight is 500 g/mol. The highest BCUT2D eigenvalue weighted by Crippen LogP contribution is 2.34. The van der Waals surface area contributed by atoms with Gasteiger partial charge in [0.05, 0.1) is 12.2 Å². The molecule has 154 valence electrons. The normalized spacial score (nSPS) is 13.7. The number of nitrogens with one attached hydrogen (secondary N) is 2. The topological polar surface area (TPSA) is 80.9 Å². The highest BCUT2D eigenvalue weighted by molar-refractivity contribution is 14.0. The third-order valence-corrected chi connectivity index (χ3v) is 4.72. The summed E-state index contributed by atoms with van der Waals surface area (Å²) in [5.41, 5.74) is 1.96. The molecule has 0 spiro atoms. The van der Waals surface area contributed by atoms with E-state index in [2.05, 4.69) is 46.6 Å². The molecule has 0 amide bonds. The molecule has 8 heteroatoms. The summed E-state index contributed by atoms with van der Waals surface area (Å²) in [6.07, 6.45) is 0. The van der Waals surface area contributed by atoms with E-state index in [9.17, 15) is 0 Å². The molecule has 1 aliphatic rings. The van der Waals surface area contributed by atoms with Gasteiger partial charge in [-0.25, -0.2) is 4.98 Å². The van der Waals surface area contributed by atoms with Gasteiger partial charge in [0.25, 0.3) is 0 Å². The Labute approximate surface area is 183 Å². The Morgan fingerprint density at radius 3 is 2.50 bits per heavy atom. The van der Waals surface area contributed by atoms with Gasteiger partial charge in [0, 0.05) is 19.0 Å². The highest BCUT2D eigenvalue weighted by atomic mass is 127. The predicted octanol–water partition coefficient (Wildman–Crippen LogP) is 3.32. The minimum absolute atomic E-state index is 0. The molecular weight excluding hydrogens is 471 g/mol. The van der Waals surface area contributed by atoms with E-state index < -0.39 is 0 Å². The molecule has 0 bridgehead atoms. The van der Waals surface area contributed by atoms with Crippen LogP contribution in [0.25, 0.3) is 0 Å². The number of rotatable bonds is 5. The van der Waals surface area contributed by atoms with Crippen molar-refractivity contribution in [3.63, 3.8) is 0 Å². The molecule has 0 atom stereocenters. The van der Waals surface area contributed by atoms with Gasteiger partial charge in [0.15, 0.2) is 17.5 Å². The number of nitrogens with zero attached hydrogens (tertiary/aromatic N) is 2. The summed E-state index contributed by atoms with van der Waals surface area (Å²) in [7, 11) is 1.75. The summed E-state index contributed by atoms with van der Waals surface area (Å²) in [6.45, 7) is 10.6. The SMILES string of the molecule is CN=C(NCc1nc(C)c(C)o1)NCC(C)(C)c1ccc2c(c1)OCCO2.I. The molecule has 0 fully saturated rings. The summed E-state index contributed by atoms with van der Waals surface area (Å²) in [5, 5.41) is 6.62. The molecule has 1 aromatic carbocycles. The summed E-state index contributed by atoms with van der Waals surface area (Å²) in [5.74, 6) is 3.81. The van der Waals surface area contributed by atoms with Crippen molar-refractivity contribution in [1.29, 1.82) is 0 Å². The van der Waals surface area contributed by atoms with Gasteiger partial charge in [-0.1, -0.05) is 19.9 Å². The number of fused-ring (bicyclic) bond motifs is 1. The van der Waals surface area contributed by atoms with Gasteiger partial charge in [-0.3, -0.25) is 4.99 Å². The second-order valence-corrected chi connectivity index (χ2v) is 7.27. The molecule has 1 aromatic heterocycles. The van der Waals surface area contributed by atoms with Gasteiger partial charge in [0.2, 0.25) is 5.89 Å². The molecule has 0 radical (unpaired) electrons. The molecule has 28 heavy (non-hydrogen) atoms. The Hall–Kier alpha value is -1.97. The lowest BCUT2D eigenvalue weighted by molar-refractivity contribution is 0.171. The number of benzene rings is 1. The second-order valence-electron chi connectivity index (χ2n) is 7.27. The van der Waals surface area contributed by atoms with Crippen LogP contribution in [0.2, 0.25) is 0 Å². The number of aryl methyl sites for hydroxylation is 2. The van der Waals surface area contributed by atoms with E-state index in [1.165, 1.54) is 5.56 Å². The van der Waals surface area contributed by atoms with Crippen LogP contribution in [-0.2, 0) is 12.0 Å². The second kappa shape index (κ2) is 9.49. The maximum atomic E-state index is 5.71. The number of oxazole rings is 1. The van der Waals surface area contributed by atoms with Crippen LogP contribution in [0.4, 0.5) is 0 Å². The first-order valence-electron chi connectivity index (χ1n) is 9.16. The number of ether oxygens (including phenoxy) is 2. The lowest BCUT2D eigenvalue weighted by atomic mass is 9.84. The fraction of sp³-hybridized carbons (Fsp3) is 0.500. The quantitative estimate of drug-likeness (QED) is 0.373. The fourth-order valence-corrected chi connectivity index (χ4v) is 2.87. The van der Waals surface area contributed by atoms with Crippen molar-refractivity contribution in [3.8, 4) is 11.5 Å². The van der Waals surface area contributed by atoms with E-state index in [0.29, 0.717) is 38.2 Å². The Balaban J connectivity index is 0.00000280. The number of aliphatic imine (C=N–C) groups is 1. The Bertz CT molecular complexity index is 813. The van der Waals surface area contributed by atoms with Crippen molar-refractivity contribution in [3.05, 3.63) is 41.1 Å². The lowest BCUT2D eigenvalue weighted by Crippen LogP contribution is -2.43. The van der Waals surface area contributed by atoms with Crippen molar-refractivity contribution >= 4 is 29.9 Å². The number of hydrogen-bond donors (Lipinski definition) is 2. The minimum Gasteiger partial charge on any atom is -0.486 e. The first kappa shape index (κ1) is 22.3. The third-order valence-electron chi connectivity index (χ3n) is 4.72. The van der Waals surface area contributed by atoms with Crippen LogP contribution >= 0.6 is 24.0 Å². The molecule has 2 N–H and O–H groups in total. The monoisotopic (exact) mass is 500 g/mol. The molecule has 2 aromatic rings. The molecule has 0 saturated heterocycles. The summed E-state index contributed by atoms with van der Waals surface area (Å²) >= 11 is 0. The Kier molecular flexibility index (Phi) is 7.56. The highest BCUT2D eigenvalue weighted by Gasteiger charge is 2.24. The summed E-state index contributed by atoms with van der Waals surface area (Å²) in [6, 6.07) is 6.13. The molecule has 0 saturated carbocycles. The summed E-state index contributed by atoms with van der Waals surface area (Å²) < 4.78 is 16.9. The minimum atomic E-state index is -0.121. The Morgan fingerprint density at radius 1 is 1.14 bits per heavy atom. The van der Waals surface area contributed by atoms with Gasteiger partial charge in [0.1, 0.15) is 19.0 Å². The van der Waals surface area contributed by atoms with Gasteiger partial charge in [-0.2, -0.15) is 0 Å². The number of halogens is 1. The number of guanidine groups is 1. The standard InChI is InChI=1S/C20H28N4O3.HI/c1-13-14(2)27-18(24-13)11-22-19(21-5)23-12-20(3,4)15-6-7-16-17(10-15)26-9-8-25-16;/h6-7,10H,8-9,11-12H2,1-5H3,(H2,21,22,23);1H. The van der Waals surface area contributed by atoms with Crippen LogP contribution in [-0.4, -0.2) is 37.7 Å². The van der Waals surface area contributed by atoms with E-state index in [4.69, 9.17) is 13.9 Å².